The van der Waals surface area contributed by atoms with Crippen LogP contribution in [0.3, 0.4) is 0 Å². The molecule has 10 heteroatoms. The maximum Gasteiger partial charge on any atom is 0.241 e. The number of carbonyl (C=O) groups excluding carboxylic acids is 2. The summed E-state index contributed by atoms with van der Waals surface area (Å²) >= 11 is 0. The molecule has 0 aromatic heterocycles. The van der Waals surface area contributed by atoms with Crippen molar-refractivity contribution >= 4 is 33.2 Å². The van der Waals surface area contributed by atoms with E-state index in [9.17, 15) is 22.4 Å². The number of halogens is 1. The zero-order chi connectivity index (χ0) is 26.0. The summed E-state index contributed by atoms with van der Waals surface area (Å²) in [5.41, 5.74) is 2.43. The molecule has 1 unspecified atom stereocenters. The second-order valence-corrected chi connectivity index (χ2v) is 11.5. The number of nitrogens with one attached hydrogen (secondary N) is 1. The lowest BCUT2D eigenvalue weighted by atomic mass is 10.0. The lowest BCUT2D eigenvalue weighted by molar-refractivity contribution is -0.133. The van der Waals surface area contributed by atoms with Crippen molar-refractivity contribution in [2.45, 2.75) is 44.6 Å². The van der Waals surface area contributed by atoms with Crippen LogP contribution in [0.15, 0.2) is 47.4 Å². The van der Waals surface area contributed by atoms with Crippen molar-refractivity contribution in [3.63, 3.8) is 0 Å². The fourth-order valence-electron chi connectivity index (χ4n) is 4.86. The average Bonchev–Trinajstić information content (AvgIpc) is 3.27. The summed E-state index contributed by atoms with van der Waals surface area (Å²) in [7, 11) is -3.95. The first kappa shape index (κ1) is 26.1. The number of sulfonamides is 1. The van der Waals surface area contributed by atoms with Crippen LogP contribution in [0.5, 0.6) is 0 Å². The summed E-state index contributed by atoms with van der Waals surface area (Å²) in [5.74, 6) is -0.512. The minimum atomic E-state index is -3.95. The highest BCUT2D eigenvalue weighted by Gasteiger charge is 2.32. The Bertz CT molecular complexity index is 1230. The molecule has 4 rings (SSSR count). The Hall–Kier alpha value is -2.98. The number of benzene rings is 2. The highest BCUT2D eigenvalue weighted by molar-refractivity contribution is 7.89. The Balaban J connectivity index is 1.46. The predicted octanol–water partition coefficient (Wildman–Crippen LogP) is 2.78. The number of rotatable bonds is 7. The zero-order valence-corrected chi connectivity index (χ0v) is 21.7. The van der Waals surface area contributed by atoms with Gasteiger partial charge in [0.15, 0.2) is 0 Å². The molecular weight excluding hydrogens is 483 g/mol. The van der Waals surface area contributed by atoms with Gasteiger partial charge in [-0.05, 0) is 66.8 Å². The van der Waals surface area contributed by atoms with Gasteiger partial charge in [-0.1, -0.05) is 13.8 Å². The molecule has 0 radical (unpaired) electrons. The number of nitrogens with zero attached hydrogens (tertiary/aromatic N) is 3. The highest BCUT2D eigenvalue weighted by Crippen LogP contribution is 2.30. The van der Waals surface area contributed by atoms with Crippen molar-refractivity contribution < 1.29 is 22.4 Å². The Morgan fingerprint density at radius 3 is 2.28 bits per heavy atom. The Morgan fingerprint density at radius 1 is 1.00 bits per heavy atom. The standard InChI is InChI=1S/C26H33FN4O4S/c1-18(2)16-24(26(33)30-14-12-29(13-15-30)22-6-4-21(27)5-7-22)28-36(34,35)23-8-9-25-20(17-23)10-11-31(25)19(3)32/h4-9,17-18,24,28H,10-16H2,1-3H3. The van der Waals surface area contributed by atoms with Gasteiger partial charge in [0, 0.05) is 51.0 Å². The van der Waals surface area contributed by atoms with E-state index in [4.69, 9.17) is 0 Å². The van der Waals surface area contributed by atoms with Gasteiger partial charge in [-0.3, -0.25) is 9.59 Å². The molecule has 0 spiro atoms. The van der Waals surface area contributed by atoms with E-state index >= 15 is 0 Å². The van der Waals surface area contributed by atoms with Crippen LogP contribution in [0.2, 0.25) is 0 Å². The number of fused-ring (bicyclic) bond motifs is 1. The molecule has 1 fully saturated rings. The van der Waals surface area contributed by atoms with Gasteiger partial charge in [0.05, 0.1) is 4.90 Å². The zero-order valence-electron chi connectivity index (χ0n) is 20.9. The number of piperazine rings is 1. The molecule has 2 aromatic rings. The lowest BCUT2D eigenvalue weighted by Gasteiger charge is -2.38. The fourth-order valence-corrected chi connectivity index (χ4v) is 6.11. The van der Waals surface area contributed by atoms with Crippen molar-refractivity contribution in [3.8, 4) is 0 Å². The lowest BCUT2D eigenvalue weighted by Crippen LogP contribution is -2.55. The largest absolute Gasteiger partial charge is 0.368 e. The second kappa shape index (κ2) is 10.6. The van der Waals surface area contributed by atoms with Crippen LogP contribution in [-0.2, 0) is 26.0 Å². The number of amides is 2. The summed E-state index contributed by atoms with van der Waals surface area (Å²) in [6.45, 7) is 7.98. The molecule has 2 aliphatic heterocycles. The van der Waals surface area contributed by atoms with Crippen molar-refractivity contribution in [1.29, 1.82) is 0 Å². The van der Waals surface area contributed by atoms with Crippen molar-refractivity contribution in [3.05, 3.63) is 53.8 Å². The summed E-state index contributed by atoms with van der Waals surface area (Å²) in [5, 5.41) is 0. The summed E-state index contributed by atoms with van der Waals surface area (Å²) in [4.78, 5) is 30.7. The van der Waals surface area contributed by atoms with Gasteiger partial charge in [0.2, 0.25) is 21.8 Å². The molecule has 1 saturated heterocycles. The van der Waals surface area contributed by atoms with Crippen LogP contribution in [0.4, 0.5) is 15.8 Å². The Labute approximate surface area is 212 Å². The highest BCUT2D eigenvalue weighted by atomic mass is 32.2. The van der Waals surface area contributed by atoms with E-state index in [1.54, 1.807) is 34.1 Å². The Morgan fingerprint density at radius 2 is 1.67 bits per heavy atom. The first-order valence-electron chi connectivity index (χ1n) is 12.3. The van der Waals surface area contributed by atoms with Crippen molar-refractivity contribution in [1.82, 2.24) is 9.62 Å². The third-order valence-electron chi connectivity index (χ3n) is 6.72. The van der Waals surface area contributed by atoms with Gasteiger partial charge in [0.1, 0.15) is 11.9 Å². The summed E-state index contributed by atoms with van der Waals surface area (Å²) in [6.07, 6.45) is 0.963. The monoisotopic (exact) mass is 516 g/mol. The fraction of sp³-hybridized carbons (Fsp3) is 0.462. The SMILES string of the molecule is CC(=O)N1CCc2cc(S(=O)(=O)NC(CC(C)C)C(=O)N3CCN(c4ccc(F)cc4)CC3)ccc21. The van der Waals surface area contributed by atoms with Gasteiger partial charge in [-0.15, -0.1) is 0 Å². The Kier molecular flexibility index (Phi) is 7.65. The maximum absolute atomic E-state index is 13.4. The van der Waals surface area contributed by atoms with Crippen LogP contribution in [0.1, 0.15) is 32.8 Å². The minimum absolute atomic E-state index is 0.0791. The van der Waals surface area contributed by atoms with E-state index < -0.39 is 16.1 Å². The first-order valence-corrected chi connectivity index (χ1v) is 13.8. The molecular formula is C26H33FN4O4S. The average molecular weight is 517 g/mol. The second-order valence-electron chi connectivity index (χ2n) is 9.80. The summed E-state index contributed by atoms with van der Waals surface area (Å²) in [6, 6.07) is 10.1. The molecule has 2 aliphatic rings. The third-order valence-corrected chi connectivity index (χ3v) is 8.19. The molecule has 2 aromatic carbocycles. The van der Waals surface area contributed by atoms with E-state index in [1.807, 2.05) is 13.8 Å². The maximum atomic E-state index is 13.4. The molecule has 8 nitrogen and oxygen atoms in total. The van der Waals surface area contributed by atoms with Crippen LogP contribution < -0.4 is 14.5 Å². The van der Waals surface area contributed by atoms with Crippen molar-refractivity contribution in [2.75, 3.05) is 42.5 Å². The van der Waals surface area contributed by atoms with Crippen molar-refractivity contribution in [2.24, 2.45) is 5.92 Å². The number of carbonyl (C=O) groups is 2. The van der Waals surface area contributed by atoms with Crippen LogP contribution in [0, 0.1) is 11.7 Å². The quantitative estimate of drug-likeness (QED) is 0.611. The van der Waals surface area contributed by atoms with Crippen LogP contribution in [0.25, 0.3) is 0 Å². The van der Waals surface area contributed by atoms with E-state index in [0.29, 0.717) is 45.6 Å². The molecule has 0 bridgehead atoms. The third kappa shape index (κ3) is 5.70. The topological polar surface area (TPSA) is 90.0 Å². The van der Waals surface area contributed by atoms with Gasteiger partial charge in [0.25, 0.3) is 0 Å². The molecule has 2 heterocycles. The van der Waals surface area contributed by atoms with E-state index in [0.717, 1.165) is 16.9 Å². The molecule has 0 aliphatic carbocycles. The van der Waals surface area contributed by atoms with E-state index in [-0.39, 0.29) is 28.4 Å². The van der Waals surface area contributed by atoms with E-state index in [2.05, 4.69) is 9.62 Å². The summed E-state index contributed by atoms with van der Waals surface area (Å²) < 4.78 is 42.5. The molecule has 1 N–H and O–H groups in total. The van der Waals surface area contributed by atoms with Gasteiger partial charge in [-0.2, -0.15) is 4.72 Å². The molecule has 0 saturated carbocycles. The van der Waals surface area contributed by atoms with E-state index in [1.165, 1.54) is 25.1 Å². The van der Waals surface area contributed by atoms with Gasteiger partial charge in [-0.25, -0.2) is 12.8 Å². The van der Waals surface area contributed by atoms with Crippen LogP contribution in [-0.4, -0.2) is 63.9 Å². The molecule has 36 heavy (non-hydrogen) atoms. The smallest absolute Gasteiger partial charge is 0.241 e. The number of hydrogen-bond acceptors (Lipinski definition) is 5. The predicted molar refractivity (Wildman–Crippen MR) is 137 cm³/mol. The first-order chi connectivity index (χ1) is 17.0. The molecule has 2 amide bonds. The molecule has 194 valence electrons. The molecule has 1 atom stereocenters. The van der Waals surface area contributed by atoms with Gasteiger partial charge < -0.3 is 14.7 Å². The number of hydrogen-bond donors (Lipinski definition) is 1. The minimum Gasteiger partial charge on any atom is -0.368 e. The normalized spacial score (nSPS) is 16.9. The number of anilines is 2. The van der Waals surface area contributed by atoms with Gasteiger partial charge >= 0.3 is 0 Å². The van der Waals surface area contributed by atoms with Crippen LogP contribution >= 0.6 is 0 Å².